The van der Waals surface area contributed by atoms with Gasteiger partial charge in [0.1, 0.15) is 10.7 Å². The molecule has 1 fully saturated rings. The van der Waals surface area contributed by atoms with Crippen LogP contribution in [0.5, 0.6) is 0 Å². The van der Waals surface area contributed by atoms with E-state index in [-0.39, 0.29) is 5.88 Å². The monoisotopic (exact) mass is 282 g/mol. The van der Waals surface area contributed by atoms with E-state index in [4.69, 9.17) is 4.42 Å². The van der Waals surface area contributed by atoms with E-state index in [1.807, 2.05) is 11.8 Å². The minimum Gasteiger partial charge on any atom is -0.481 e. The fourth-order valence-electron chi connectivity index (χ4n) is 2.75. The van der Waals surface area contributed by atoms with Crippen LogP contribution in [-0.2, 0) is 11.3 Å². The first-order valence-corrected chi connectivity index (χ1v) is 6.66. The fourth-order valence-corrected chi connectivity index (χ4v) is 2.75. The molecule has 1 N–H and O–H groups in total. The molecule has 1 saturated heterocycles. The number of nitro groups is 1. The molecular formula is C13H18N2O5. The lowest BCUT2D eigenvalue weighted by Gasteiger charge is -2.39. The van der Waals surface area contributed by atoms with Crippen molar-refractivity contribution in [1.29, 1.82) is 0 Å². The van der Waals surface area contributed by atoms with Gasteiger partial charge < -0.3 is 9.52 Å². The molecule has 1 aromatic heterocycles. The van der Waals surface area contributed by atoms with E-state index in [1.165, 1.54) is 6.07 Å². The van der Waals surface area contributed by atoms with E-state index < -0.39 is 16.3 Å². The topological polar surface area (TPSA) is 96.8 Å². The number of carboxylic acids is 1. The molecule has 1 aromatic rings. The van der Waals surface area contributed by atoms with Gasteiger partial charge in [-0.3, -0.25) is 19.8 Å². The van der Waals surface area contributed by atoms with Crippen molar-refractivity contribution in [3.8, 4) is 0 Å². The largest absolute Gasteiger partial charge is 0.481 e. The van der Waals surface area contributed by atoms with Crippen molar-refractivity contribution in [2.45, 2.75) is 32.7 Å². The molecule has 110 valence electrons. The molecular weight excluding hydrogens is 264 g/mol. The molecule has 0 aliphatic carbocycles. The summed E-state index contributed by atoms with van der Waals surface area (Å²) in [7, 11) is 0. The zero-order valence-corrected chi connectivity index (χ0v) is 11.4. The van der Waals surface area contributed by atoms with Crippen LogP contribution in [0.25, 0.3) is 0 Å². The number of hydrogen-bond acceptors (Lipinski definition) is 5. The SMILES string of the molecule is CCC1(C(=O)O)CCCN(Cc2ccc([N+](=O)[O-])o2)C1. The molecule has 0 amide bonds. The molecule has 7 heteroatoms. The summed E-state index contributed by atoms with van der Waals surface area (Å²) in [5.74, 6) is -0.555. The van der Waals surface area contributed by atoms with Crippen LogP contribution in [0.4, 0.5) is 5.88 Å². The molecule has 0 spiro atoms. The molecule has 1 unspecified atom stereocenters. The zero-order valence-electron chi connectivity index (χ0n) is 11.4. The first-order chi connectivity index (χ1) is 9.47. The van der Waals surface area contributed by atoms with E-state index in [2.05, 4.69) is 0 Å². The van der Waals surface area contributed by atoms with Crippen molar-refractivity contribution < 1.29 is 19.2 Å². The molecule has 0 saturated carbocycles. The van der Waals surface area contributed by atoms with Gasteiger partial charge in [-0.25, -0.2) is 0 Å². The van der Waals surface area contributed by atoms with Gasteiger partial charge in [-0.05, 0) is 31.9 Å². The van der Waals surface area contributed by atoms with E-state index in [9.17, 15) is 20.0 Å². The van der Waals surface area contributed by atoms with Crippen molar-refractivity contribution in [2.24, 2.45) is 5.41 Å². The minimum atomic E-state index is -0.768. The van der Waals surface area contributed by atoms with Crippen LogP contribution in [0.15, 0.2) is 16.5 Å². The van der Waals surface area contributed by atoms with Crippen molar-refractivity contribution in [3.63, 3.8) is 0 Å². The highest BCUT2D eigenvalue weighted by Gasteiger charge is 2.40. The van der Waals surface area contributed by atoms with Crippen LogP contribution >= 0.6 is 0 Å². The van der Waals surface area contributed by atoms with Gasteiger partial charge in [0, 0.05) is 6.54 Å². The molecule has 2 heterocycles. The molecule has 2 rings (SSSR count). The summed E-state index contributed by atoms with van der Waals surface area (Å²) in [6, 6.07) is 2.89. The molecule has 0 aromatic carbocycles. The first kappa shape index (κ1) is 14.5. The Hall–Kier alpha value is -1.89. The Bertz CT molecular complexity index is 513. The Morgan fingerprint density at radius 2 is 2.35 bits per heavy atom. The van der Waals surface area contributed by atoms with Crippen LogP contribution in [-0.4, -0.2) is 34.0 Å². The molecule has 1 aliphatic heterocycles. The van der Waals surface area contributed by atoms with E-state index in [0.29, 0.717) is 31.7 Å². The Labute approximate surface area is 116 Å². The van der Waals surface area contributed by atoms with E-state index in [0.717, 1.165) is 13.0 Å². The second kappa shape index (κ2) is 5.62. The number of carbonyl (C=O) groups is 1. The van der Waals surface area contributed by atoms with Crippen LogP contribution in [0.1, 0.15) is 31.9 Å². The van der Waals surface area contributed by atoms with Crippen LogP contribution in [0.3, 0.4) is 0 Å². The molecule has 0 radical (unpaired) electrons. The van der Waals surface area contributed by atoms with Gasteiger partial charge in [-0.2, -0.15) is 0 Å². The van der Waals surface area contributed by atoms with Gasteiger partial charge >= 0.3 is 11.9 Å². The Balaban J connectivity index is 2.05. The maximum absolute atomic E-state index is 11.5. The summed E-state index contributed by atoms with van der Waals surface area (Å²) in [6.45, 7) is 3.52. The quantitative estimate of drug-likeness (QED) is 0.657. The maximum atomic E-state index is 11.5. The Kier molecular flexibility index (Phi) is 4.08. The van der Waals surface area contributed by atoms with Crippen molar-refractivity contribution in [3.05, 3.63) is 28.0 Å². The Morgan fingerprint density at radius 1 is 1.60 bits per heavy atom. The number of furan rings is 1. The predicted molar refractivity (Wildman–Crippen MR) is 70.2 cm³/mol. The standard InChI is InChI=1S/C13H18N2O5/c1-2-13(12(16)17)6-3-7-14(9-13)8-10-4-5-11(20-10)15(18)19/h4-5H,2-3,6-9H2,1H3,(H,16,17). The highest BCUT2D eigenvalue weighted by Crippen LogP contribution is 2.34. The van der Waals surface area contributed by atoms with E-state index in [1.54, 1.807) is 6.07 Å². The average Bonchev–Trinajstić information content (AvgIpc) is 2.87. The number of piperidine rings is 1. The minimum absolute atomic E-state index is 0.281. The summed E-state index contributed by atoms with van der Waals surface area (Å²) in [5.41, 5.74) is -0.712. The third-order valence-electron chi connectivity index (χ3n) is 3.99. The maximum Gasteiger partial charge on any atom is 0.433 e. The molecule has 20 heavy (non-hydrogen) atoms. The lowest BCUT2D eigenvalue weighted by atomic mass is 9.77. The lowest BCUT2D eigenvalue weighted by molar-refractivity contribution is -0.402. The Morgan fingerprint density at radius 3 is 2.90 bits per heavy atom. The number of likely N-dealkylation sites (tertiary alicyclic amines) is 1. The number of hydrogen-bond donors (Lipinski definition) is 1. The molecule has 7 nitrogen and oxygen atoms in total. The van der Waals surface area contributed by atoms with Gasteiger partial charge in [-0.1, -0.05) is 6.92 Å². The van der Waals surface area contributed by atoms with Crippen LogP contribution in [0, 0.1) is 15.5 Å². The number of carboxylic acid groups (broad SMARTS) is 1. The fraction of sp³-hybridized carbons (Fsp3) is 0.615. The lowest BCUT2D eigenvalue weighted by Crippen LogP contribution is -2.47. The van der Waals surface area contributed by atoms with Crippen molar-refractivity contribution in [1.82, 2.24) is 4.90 Å². The highest BCUT2D eigenvalue weighted by molar-refractivity contribution is 5.75. The predicted octanol–water partition coefficient (Wildman–Crippen LogP) is 2.26. The van der Waals surface area contributed by atoms with Crippen LogP contribution < -0.4 is 0 Å². The third kappa shape index (κ3) is 2.82. The summed E-state index contributed by atoms with van der Waals surface area (Å²) in [6.07, 6.45) is 2.06. The van der Waals surface area contributed by atoms with Gasteiger partial charge in [0.05, 0.1) is 18.0 Å². The van der Waals surface area contributed by atoms with Crippen molar-refractivity contribution in [2.75, 3.05) is 13.1 Å². The normalized spacial score (nSPS) is 23.6. The number of rotatable bonds is 5. The number of nitrogens with zero attached hydrogens (tertiary/aromatic N) is 2. The summed E-state index contributed by atoms with van der Waals surface area (Å²) in [5, 5.41) is 20.0. The molecule has 1 aliphatic rings. The summed E-state index contributed by atoms with van der Waals surface area (Å²) in [4.78, 5) is 23.4. The van der Waals surface area contributed by atoms with Crippen molar-refractivity contribution >= 4 is 11.9 Å². The van der Waals surface area contributed by atoms with Gasteiger partial charge in [-0.15, -0.1) is 0 Å². The van der Waals surface area contributed by atoms with Crippen LogP contribution in [0.2, 0.25) is 0 Å². The second-order valence-electron chi connectivity index (χ2n) is 5.25. The van der Waals surface area contributed by atoms with Gasteiger partial charge in [0.15, 0.2) is 0 Å². The summed E-state index contributed by atoms with van der Waals surface area (Å²) < 4.78 is 5.12. The van der Waals surface area contributed by atoms with E-state index >= 15 is 0 Å². The second-order valence-corrected chi connectivity index (χ2v) is 5.25. The third-order valence-corrected chi connectivity index (χ3v) is 3.99. The van der Waals surface area contributed by atoms with Gasteiger partial charge in [0.25, 0.3) is 0 Å². The number of aliphatic carboxylic acids is 1. The first-order valence-electron chi connectivity index (χ1n) is 6.66. The zero-order chi connectivity index (χ0) is 14.8. The van der Waals surface area contributed by atoms with Gasteiger partial charge in [0.2, 0.25) is 0 Å². The average molecular weight is 282 g/mol. The summed E-state index contributed by atoms with van der Waals surface area (Å²) >= 11 is 0. The highest BCUT2D eigenvalue weighted by atomic mass is 16.6. The molecule has 0 bridgehead atoms. The molecule has 1 atom stereocenters. The smallest absolute Gasteiger partial charge is 0.433 e.